The maximum absolute atomic E-state index is 13.0. The summed E-state index contributed by atoms with van der Waals surface area (Å²) in [6.45, 7) is 2.35. The summed E-state index contributed by atoms with van der Waals surface area (Å²) in [7, 11) is -9.83. The second kappa shape index (κ2) is 78.2. The predicted octanol–water partition coefficient (Wildman–Crippen LogP) is 23.8. The van der Waals surface area contributed by atoms with Crippen molar-refractivity contribution in [2.24, 2.45) is 0 Å². The van der Waals surface area contributed by atoms with E-state index in [1.165, 1.54) is 44.9 Å². The van der Waals surface area contributed by atoms with Crippen LogP contribution in [0.3, 0.4) is 0 Å². The van der Waals surface area contributed by atoms with Gasteiger partial charge in [-0.2, -0.15) is 0 Å². The molecular formula is C87H142O16P2. The second-order valence-corrected chi connectivity index (χ2v) is 29.0. The predicted molar refractivity (Wildman–Crippen MR) is 435 cm³/mol. The van der Waals surface area contributed by atoms with E-state index in [4.69, 9.17) is 32.3 Å². The molecule has 0 aromatic rings. The summed E-state index contributed by atoms with van der Waals surface area (Å²) in [6, 6.07) is 0. The van der Waals surface area contributed by atoms with Crippen molar-refractivity contribution in [3.63, 3.8) is 0 Å². The Morgan fingerprint density at radius 3 is 0.800 bits per heavy atom. The van der Waals surface area contributed by atoms with E-state index >= 15 is 0 Å². The van der Waals surface area contributed by atoms with Crippen LogP contribution >= 0.6 is 15.6 Å². The van der Waals surface area contributed by atoms with Crippen molar-refractivity contribution in [1.82, 2.24) is 0 Å². The van der Waals surface area contributed by atoms with Gasteiger partial charge >= 0.3 is 33.6 Å². The van der Waals surface area contributed by atoms with Crippen molar-refractivity contribution >= 4 is 33.6 Å². The molecule has 0 spiro atoms. The van der Waals surface area contributed by atoms with Crippen molar-refractivity contribution < 1.29 is 75.8 Å². The molecule has 0 heterocycles. The van der Waals surface area contributed by atoms with Crippen LogP contribution in [0.2, 0.25) is 0 Å². The molecule has 0 radical (unpaired) electrons. The van der Waals surface area contributed by atoms with Crippen LogP contribution in [-0.2, 0) is 55.8 Å². The molecule has 596 valence electrons. The highest BCUT2D eigenvalue weighted by atomic mass is 31.2. The number of carbonyl (C=O) groups excluding carboxylic acids is 3. The summed E-state index contributed by atoms with van der Waals surface area (Å²) in [4.78, 5) is 58.8. The number of hydrogen-bond donors (Lipinski definition) is 4. The zero-order valence-electron chi connectivity index (χ0n) is 65.1. The fraction of sp³-hybridized carbons (Fsp3) is 0.621. The lowest BCUT2D eigenvalue weighted by Crippen LogP contribution is -2.30. The summed E-state index contributed by atoms with van der Waals surface area (Å²) in [5.74, 6) is -1.64. The number of phosphoric ester groups is 2. The molecule has 0 aromatic heterocycles. The van der Waals surface area contributed by atoms with Crippen molar-refractivity contribution in [2.45, 2.75) is 309 Å². The molecule has 0 amide bonds. The number of phosphoric acid groups is 2. The van der Waals surface area contributed by atoms with E-state index < -0.39 is 91.5 Å². The molecule has 0 rings (SSSR count). The smallest absolute Gasteiger partial charge is 0.463 e. The minimum atomic E-state index is -4.95. The lowest BCUT2D eigenvalue weighted by atomic mass is 10.1. The van der Waals surface area contributed by atoms with Gasteiger partial charge in [-0.15, -0.1) is 0 Å². The van der Waals surface area contributed by atoms with E-state index in [0.717, 1.165) is 186 Å². The fourth-order valence-corrected chi connectivity index (χ4v) is 11.6. The van der Waals surface area contributed by atoms with E-state index in [1.54, 1.807) is 0 Å². The summed E-state index contributed by atoms with van der Waals surface area (Å²) in [5.41, 5.74) is 0. The average Bonchev–Trinajstić information content (AvgIpc) is 0.917. The largest absolute Gasteiger partial charge is 0.472 e. The lowest BCUT2D eigenvalue weighted by molar-refractivity contribution is -0.161. The summed E-state index contributed by atoms with van der Waals surface area (Å²) in [5, 5.41) is 20.7. The Balaban J connectivity index is 4.75. The van der Waals surface area contributed by atoms with Crippen molar-refractivity contribution in [3.8, 4) is 0 Å². The third-order valence-electron chi connectivity index (χ3n) is 16.1. The maximum atomic E-state index is 13.0. The second-order valence-electron chi connectivity index (χ2n) is 26.1. The van der Waals surface area contributed by atoms with Gasteiger partial charge in [0.1, 0.15) is 25.4 Å². The highest BCUT2D eigenvalue weighted by Gasteiger charge is 2.29. The van der Waals surface area contributed by atoms with Gasteiger partial charge in [-0.1, -0.05) is 293 Å². The van der Waals surface area contributed by atoms with Crippen molar-refractivity contribution in [2.75, 3.05) is 39.6 Å². The van der Waals surface area contributed by atoms with E-state index in [2.05, 4.69) is 203 Å². The van der Waals surface area contributed by atoms with Gasteiger partial charge in [0, 0.05) is 19.3 Å². The Bertz CT molecular complexity index is 2640. The zero-order chi connectivity index (χ0) is 76.6. The quantitative estimate of drug-likeness (QED) is 0.0146. The highest BCUT2D eigenvalue weighted by Crippen LogP contribution is 2.45. The molecule has 18 heteroatoms. The van der Waals surface area contributed by atoms with Gasteiger partial charge in [0.2, 0.25) is 0 Å². The Kier molecular flexibility index (Phi) is 74.3. The molecule has 16 nitrogen and oxygen atoms in total. The van der Waals surface area contributed by atoms with Crippen molar-refractivity contribution in [1.29, 1.82) is 0 Å². The number of hydrogen-bond acceptors (Lipinski definition) is 14. The number of aliphatic hydroxyl groups excluding tert-OH is 2. The number of aliphatic hydroxyl groups is 2. The Morgan fingerprint density at radius 1 is 0.276 bits per heavy atom. The average molecular weight is 1510 g/mol. The molecule has 4 N–H and O–H groups in total. The minimum Gasteiger partial charge on any atom is -0.463 e. The van der Waals surface area contributed by atoms with Gasteiger partial charge in [0.15, 0.2) is 6.10 Å². The van der Waals surface area contributed by atoms with Crippen LogP contribution in [0.15, 0.2) is 182 Å². The third-order valence-corrected chi connectivity index (χ3v) is 18.0. The standard InChI is InChI=1S/C87H142O16P2/c1-4-7-10-13-16-19-22-25-28-31-34-37-39-40-42-45-46-49-52-55-58-61-64-67-70-73-85(90)97-76-82(88)77-99-104(93,94)100-78-83(89)79-101-105(95,96)102-81-84(103-87(92)75-72-69-66-63-60-57-54-51-48-43-36-33-30-27-24-21-18-15-12-9-6-3)80-98-86(91)74-71-68-65-62-59-56-53-50-47-44-41-38-35-32-29-26-23-20-17-14-11-8-5-2/h7-8,10-11,16-21,25-30,34-38,40,42-44,47,51,53-54,56,82-84,88-89H,4-6,9,12-15,22-24,31-33,39,41,45-46,48-50,52,55,57-81H2,1-3H3,(H,93,94)(H,95,96)/b10-7-,11-8-,19-16-,20-17-,21-18-,28-25-,29-26-,30-27-,37-34-,38-35-,42-40-,43-36-,47-44-,54-51-,56-53-. The molecular weight excluding hydrogens is 1360 g/mol. The maximum Gasteiger partial charge on any atom is 0.472 e. The molecule has 0 aliphatic heterocycles. The van der Waals surface area contributed by atoms with Crippen LogP contribution in [0.25, 0.3) is 0 Å². The Morgan fingerprint density at radius 2 is 0.505 bits per heavy atom. The first-order valence-electron chi connectivity index (χ1n) is 40.1. The van der Waals surface area contributed by atoms with Crippen LogP contribution in [-0.4, -0.2) is 95.9 Å². The van der Waals surface area contributed by atoms with Crippen molar-refractivity contribution in [3.05, 3.63) is 182 Å². The summed E-state index contributed by atoms with van der Waals surface area (Å²) < 4.78 is 61.2. The molecule has 0 bridgehead atoms. The first kappa shape index (κ1) is 99.7. The van der Waals surface area contributed by atoms with Gasteiger partial charge in [-0.05, 0) is 161 Å². The zero-order valence-corrected chi connectivity index (χ0v) is 66.9. The number of ether oxygens (including phenoxy) is 3. The molecule has 105 heavy (non-hydrogen) atoms. The van der Waals surface area contributed by atoms with E-state index in [-0.39, 0.29) is 19.3 Å². The molecule has 0 fully saturated rings. The first-order chi connectivity index (χ1) is 51.2. The van der Waals surface area contributed by atoms with Crippen LogP contribution in [0.4, 0.5) is 0 Å². The van der Waals surface area contributed by atoms with Crippen LogP contribution in [0, 0.1) is 0 Å². The highest BCUT2D eigenvalue weighted by molar-refractivity contribution is 7.47. The van der Waals surface area contributed by atoms with E-state index in [0.29, 0.717) is 19.3 Å². The van der Waals surface area contributed by atoms with Crippen LogP contribution in [0.1, 0.15) is 290 Å². The van der Waals surface area contributed by atoms with Gasteiger partial charge in [0.25, 0.3) is 0 Å². The van der Waals surface area contributed by atoms with Crippen LogP contribution < -0.4 is 0 Å². The Labute approximate surface area is 636 Å². The number of carbonyl (C=O) groups is 3. The molecule has 5 unspecified atom stereocenters. The molecule has 0 aromatic carbocycles. The third kappa shape index (κ3) is 79.5. The first-order valence-corrected chi connectivity index (χ1v) is 43.1. The van der Waals surface area contributed by atoms with E-state index in [9.17, 15) is 43.5 Å². The summed E-state index contributed by atoms with van der Waals surface area (Å²) >= 11 is 0. The topological polar surface area (TPSA) is 231 Å². The monoisotopic (exact) mass is 1500 g/mol. The lowest BCUT2D eigenvalue weighted by Gasteiger charge is -2.21. The van der Waals surface area contributed by atoms with E-state index in [1.807, 2.05) is 0 Å². The van der Waals surface area contributed by atoms with Gasteiger partial charge in [-0.3, -0.25) is 32.5 Å². The van der Waals surface area contributed by atoms with Gasteiger partial charge in [0.05, 0.1) is 26.4 Å². The number of esters is 3. The molecule has 0 saturated carbocycles. The summed E-state index contributed by atoms with van der Waals surface area (Å²) in [6.07, 6.45) is 101. The number of allylic oxidation sites excluding steroid dienone is 30. The normalized spacial score (nSPS) is 14.9. The van der Waals surface area contributed by atoms with Gasteiger partial charge < -0.3 is 34.2 Å². The Hall–Kier alpha value is -5.35. The fourth-order valence-electron chi connectivity index (χ4n) is 10.1. The number of rotatable bonds is 74. The van der Waals surface area contributed by atoms with Crippen LogP contribution in [0.5, 0.6) is 0 Å². The SMILES string of the molecule is CC/C=C\C/C=C\C/C=C\C/C=C\C/C=C\C/C=C\CCCCCCC(=O)OCC(COP(=O)(O)OCC(O)COP(=O)(O)OCC(O)COC(=O)CCCCCCCCCCC/C=C\C/C=C\C/C=C\C/C=C\C/C=C\CC)OC(=O)CCCCCCC/C=C\C/C=C\C/C=C\C/C=C\CCCCC. The number of unbranched alkanes of at least 4 members (excludes halogenated alkanes) is 21. The molecule has 0 aliphatic rings. The molecule has 0 aliphatic carbocycles. The minimum absolute atomic E-state index is 0.0700. The molecule has 0 saturated heterocycles. The van der Waals surface area contributed by atoms with Gasteiger partial charge in [-0.25, -0.2) is 9.13 Å². The molecule has 5 atom stereocenters.